The average Bonchev–Trinajstić information content (AvgIpc) is 2.39. The van der Waals surface area contributed by atoms with Crippen LogP contribution >= 0.6 is 0 Å². The summed E-state index contributed by atoms with van der Waals surface area (Å²) in [7, 11) is 1.92. The van der Waals surface area contributed by atoms with Gasteiger partial charge in [-0.15, -0.1) is 0 Å². The van der Waals surface area contributed by atoms with E-state index in [4.69, 9.17) is 0 Å². The van der Waals surface area contributed by atoms with Crippen molar-refractivity contribution in [2.24, 2.45) is 0 Å². The van der Waals surface area contributed by atoms with Gasteiger partial charge in [0.25, 0.3) is 0 Å². The topological polar surface area (TPSA) is 41.1 Å². The Bertz CT molecular complexity index is 442. The van der Waals surface area contributed by atoms with Crippen molar-refractivity contribution in [2.75, 3.05) is 12.4 Å². The summed E-state index contributed by atoms with van der Waals surface area (Å²) in [5.41, 5.74) is 0.433. The molecule has 0 radical (unpaired) electrons. The zero-order chi connectivity index (χ0) is 13.7. The zero-order valence-electron chi connectivity index (χ0n) is 11.3. The molecule has 0 atom stereocenters. The molecular weight excluding hydrogens is 243 g/mol. The van der Waals surface area contributed by atoms with Crippen molar-refractivity contribution in [1.29, 1.82) is 0 Å². The lowest BCUT2D eigenvalue weighted by molar-refractivity contribution is -0.117. The lowest BCUT2D eigenvalue weighted by Gasteiger charge is -2.36. The van der Waals surface area contributed by atoms with Crippen LogP contribution in [0.3, 0.4) is 0 Å². The number of amides is 1. The SMILES string of the molecule is CNC1(CC(=O)Nc2cccc(F)c2)CCCCC1. The molecule has 3 nitrogen and oxygen atoms in total. The second-order valence-corrected chi connectivity index (χ2v) is 5.33. The molecule has 1 aliphatic carbocycles. The van der Waals surface area contributed by atoms with Gasteiger partial charge in [-0.3, -0.25) is 4.79 Å². The van der Waals surface area contributed by atoms with Crippen molar-refractivity contribution >= 4 is 11.6 Å². The smallest absolute Gasteiger partial charge is 0.226 e. The van der Waals surface area contributed by atoms with Gasteiger partial charge in [-0.25, -0.2) is 4.39 Å². The molecule has 2 N–H and O–H groups in total. The number of hydrogen-bond acceptors (Lipinski definition) is 2. The fourth-order valence-corrected chi connectivity index (χ4v) is 2.82. The lowest BCUT2D eigenvalue weighted by atomic mass is 9.79. The maximum Gasteiger partial charge on any atom is 0.226 e. The number of carbonyl (C=O) groups excluding carboxylic acids is 1. The van der Waals surface area contributed by atoms with Crippen LogP contribution in [0, 0.1) is 5.82 Å². The highest BCUT2D eigenvalue weighted by Gasteiger charge is 2.32. The van der Waals surface area contributed by atoms with Crippen LogP contribution in [0.15, 0.2) is 24.3 Å². The lowest BCUT2D eigenvalue weighted by Crippen LogP contribution is -2.47. The normalized spacial score (nSPS) is 18.0. The monoisotopic (exact) mass is 264 g/mol. The second kappa shape index (κ2) is 6.15. The first kappa shape index (κ1) is 14.0. The summed E-state index contributed by atoms with van der Waals surface area (Å²) < 4.78 is 13.1. The van der Waals surface area contributed by atoms with Gasteiger partial charge >= 0.3 is 0 Å². The standard InChI is InChI=1S/C15H21FN2O/c1-17-15(8-3-2-4-9-15)11-14(19)18-13-7-5-6-12(16)10-13/h5-7,10,17H,2-4,8-9,11H2,1H3,(H,18,19). The van der Waals surface area contributed by atoms with Crippen LogP contribution in [0.25, 0.3) is 0 Å². The molecule has 2 rings (SSSR count). The molecule has 0 bridgehead atoms. The van der Waals surface area contributed by atoms with Crippen molar-refractivity contribution in [1.82, 2.24) is 5.32 Å². The summed E-state index contributed by atoms with van der Waals surface area (Å²) in [6, 6.07) is 6.00. The van der Waals surface area contributed by atoms with Crippen LogP contribution in [0.5, 0.6) is 0 Å². The van der Waals surface area contributed by atoms with E-state index >= 15 is 0 Å². The predicted molar refractivity (Wildman–Crippen MR) is 74.5 cm³/mol. The van der Waals surface area contributed by atoms with E-state index in [-0.39, 0.29) is 17.3 Å². The third kappa shape index (κ3) is 3.77. The Hall–Kier alpha value is -1.42. The van der Waals surface area contributed by atoms with Crippen LogP contribution in [0.1, 0.15) is 38.5 Å². The quantitative estimate of drug-likeness (QED) is 0.877. The van der Waals surface area contributed by atoms with Gasteiger partial charge in [0.15, 0.2) is 0 Å². The second-order valence-electron chi connectivity index (χ2n) is 5.33. The van der Waals surface area contributed by atoms with Crippen LogP contribution in [-0.4, -0.2) is 18.5 Å². The van der Waals surface area contributed by atoms with Crippen LogP contribution < -0.4 is 10.6 Å². The van der Waals surface area contributed by atoms with Crippen molar-refractivity contribution < 1.29 is 9.18 Å². The summed E-state index contributed by atoms with van der Waals surface area (Å²) >= 11 is 0. The molecule has 1 fully saturated rings. The minimum absolute atomic E-state index is 0.0538. The fourth-order valence-electron chi connectivity index (χ4n) is 2.82. The largest absolute Gasteiger partial charge is 0.326 e. The highest BCUT2D eigenvalue weighted by molar-refractivity contribution is 5.91. The number of halogens is 1. The number of rotatable bonds is 4. The van der Waals surface area contributed by atoms with Crippen molar-refractivity contribution in [3.8, 4) is 0 Å². The van der Waals surface area contributed by atoms with Gasteiger partial charge in [0.2, 0.25) is 5.91 Å². The average molecular weight is 264 g/mol. The van der Waals surface area contributed by atoms with Gasteiger partial charge in [-0.1, -0.05) is 25.3 Å². The Labute approximate surface area is 113 Å². The van der Waals surface area contributed by atoms with Gasteiger partial charge < -0.3 is 10.6 Å². The Morgan fingerprint density at radius 3 is 2.68 bits per heavy atom. The van der Waals surface area contributed by atoms with E-state index in [0.717, 1.165) is 25.7 Å². The number of hydrogen-bond donors (Lipinski definition) is 2. The van der Waals surface area contributed by atoms with Crippen molar-refractivity contribution in [3.63, 3.8) is 0 Å². The number of nitrogens with one attached hydrogen (secondary N) is 2. The third-order valence-electron chi connectivity index (χ3n) is 3.95. The first-order valence-corrected chi connectivity index (χ1v) is 6.88. The molecule has 0 aromatic heterocycles. The highest BCUT2D eigenvalue weighted by Crippen LogP contribution is 2.31. The van der Waals surface area contributed by atoms with Crippen LogP contribution in [-0.2, 0) is 4.79 Å². The minimum atomic E-state index is -0.334. The van der Waals surface area contributed by atoms with Crippen LogP contribution in [0.4, 0.5) is 10.1 Å². The molecule has 0 aliphatic heterocycles. The van der Waals surface area contributed by atoms with E-state index in [2.05, 4.69) is 10.6 Å². The Morgan fingerprint density at radius 2 is 2.05 bits per heavy atom. The molecular formula is C15H21FN2O. The Balaban J connectivity index is 1.96. The minimum Gasteiger partial charge on any atom is -0.326 e. The molecule has 1 saturated carbocycles. The maximum absolute atomic E-state index is 13.1. The maximum atomic E-state index is 13.1. The zero-order valence-corrected chi connectivity index (χ0v) is 11.3. The fraction of sp³-hybridized carbons (Fsp3) is 0.533. The first-order valence-electron chi connectivity index (χ1n) is 6.88. The molecule has 19 heavy (non-hydrogen) atoms. The highest BCUT2D eigenvalue weighted by atomic mass is 19.1. The van der Waals surface area contributed by atoms with Gasteiger partial charge in [0.05, 0.1) is 0 Å². The first-order chi connectivity index (χ1) is 9.13. The summed E-state index contributed by atoms with van der Waals surface area (Å²) in [5.74, 6) is -0.388. The molecule has 0 saturated heterocycles. The van der Waals surface area contributed by atoms with Gasteiger partial charge in [0.1, 0.15) is 5.82 Å². The summed E-state index contributed by atoms with van der Waals surface area (Å²) in [4.78, 5) is 12.1. The van der Waals surface area contributed by atoms with Gasteiger partial charge in [0, 0.05) is 17.6 Å². The molecule has 0 spiro atoms. The summed E-state index contributed by atoms with van der Waals surface area (Å²) in [6.45, 7) is 0. The molecule has 1 aliphatic rings. The summed E-state index contributed by atoms with van der Waals surface area (Å²) in [5, 5.41) is 6.08. The Kier molecular flexibility index (Phi) is 4.53. The molecule has 0 heterocycles. The molecule has 104 valence electrons. The molecule has 4 heteroatoms. The summed E-state index contributed by atoms with van der Waals surface area (Å²) in [6.07, 6.45) is 6.07. The van der Waals surface area contributed by atoms with Gasteiger partial charge in [-0.05, 0) is 38.1 Å². The van der Waals surface area contributed by atoms with Crippen LogP contribution in [0.2, 0.25) is 0 Å². The van der Waals surface area contributed by atoms with E-state index in [1.807, 2.05) is 7.05 Å². The molecule has 1 aromatic rings. The van der Waals surface area contributed by atoms with E-state index in [1.54, 1.807) is 12.1 Å². The number of anilines is 1. The van der Waals surface area contributed by atoms with E-state index in [9.17, 15) is 9.18 Å². The Morgan fingerprint density at radius 1 is 1.32 bits per heavy atom. The number of carbonyl (C=O) groups is 1. The van der Waals surface area contributed by atoms with E-state index in [1.165, 1.54) is 18.6 Å². The van der Waals surface area contributed by atoms with Crippen molar-refractivity contribution in [3.05, 3.63) is 30.1 Å². The van der Waals surface area contributed by atoms with Gasteiger partial charge in [-0.2, -0.15) is 0 Å². The van der Waals surface area contributed by atoms with E-state index < -0.39 is 0 Å². The molecule has 1 aromatic carbocycles. The van der Waals surface area contributed by atoms with Crippen molar-refractivity contribution in [2.45, 2.75) is 44.1 Å². The third-order valence-corrected chi connectivity index (χ3v) is 3.95. The van der Waals surface area contributed by atoms with E-state index in [0.29, 0.717) is 12.1 Å². The molecule has 0 unspecified atom stereocenters. The molecule has 1 amide bonds. The number of benzene rings is 1. The predicted octanol–water partition coefficient (Wildman–Crippen LogP) is 3.08.